The van der Waals surface area contributed by atoms with Crippen molar-refractivity contribution in [3.8, 4) is 0 Å². The maximum atomic E-state index is 5.38. The molecule has 1 aliphatic rings. The van der Waals surface area contributed by atoms with Gasteiger partial charge < -0.3 is 10.1 Å². The molecule has 1 N–H and O–H groups in total. The van der Waals surface area contributed by atoms with Crippen molar-refractivity contribution in [3.05, 3.63) is 0 Å². The molecule has 0 unspecified atom stereocenters. The highest BCUT2D eigenvalue weighted by molar-refractivity contribution is 4.90. The minimum absolute atomic E-state index is 0.207. The fraction of sp³-hybridized carbons (Fsp3) is 1.00. The van der Waals surface area contributed by atoms with Crippen LogP contribution in [0.2, 0.25) is 0 Å². The third-order valence-corrected chi connectivity index (χ3v) is 4.34. The van der Waals surface area contributed by atoms with Crippen molar-refractivity contribution >= 4 is 0 Å². The summed E-state index contributed by atoms with van der Waals surface area (Å²) in [5.74, 6) is 0.872. The summed E-state index contributed by atoms with van der Waals surface area (Å²) in [5.41, 5.74) is 0.515. The van der Waals surface area contributed by atoms with Crippen molar-refractivity contribution in [2.45, 2.75) is 59.4 Å². The van der Waals surface area contributed by atoms with Gasteiger partial charge in [-0.3, -0.25) is 0 Å². The molecule has 0 spiro atoms. The first kappa shape index (κ1) is 14.0. The van der Waals surface area contributed by atoms with Crippen LogP contribution in [-0.4, -0.2) is 25.3 Å². The van der Waals surface area contributed by atoms with Crippen LogP contribution in [0, 0.1) is 11.3 Å². The first-order valence-electron chi connectivity index (χ1n) is 6.66. The van der Waals surface area contributed by atoms with E-state index in [1.807, 2.05) is 0 Å². The summed E-state index contributed by atoms with van der Waals surface area (Å²) in [5, 5.41) is 3.71. The third kappa shape index (κ3) is 4.06. The smallest absolute Gasteiger partial charge is 0.0468 e. The second-order valence-corrected chi connectivity index (χ2v) is 6.65. The Morgan fingerprint density at radius 1 is 1.06 bits per heavy atom. The second-order valence-electron chi connectivity index (χ2n) is 6.65. The quantitative estimate of drug-likeness (QED) is 0.796. The van der Waals surface area contributed by atoms with E-state index in [9.17, 15) is 0 Å². The lowest BCUT2D eigenvalue weighted by molar-refractivity contribution is 0.0621. The predicted molar refractivity (Wildman–Crippen MR) is 69.7 cm³/mol. The Bertz CT molecular complexity index is 199. The summed E-state index contributed by atoms with van der Waals surface area (Å²) in [6.07, 6.45) is 3.79. The van der Waals surface area contributed by atoms with E-state index < -0.39 is 0 Å². The lowest BCUT2D eigenvalue weighted by atomic mass is 9.76. The molecule has 0 radical (unpaired) electrons. The van der Waals surface area contributed by atoms with Crippen LogP contribution in [0.1, 0.15) is 53.9 Å². The molecule has 1 aliphatic heterocycles. The molecule has 0 aliphatic carbocycles. The van der Waals surface area contributed by atoms with Crippen molar-refractivity contribution in [2.24, 2.45) is 11.3 Å². The van der Waals surface area contributed by atoms with Gasteiger partial charge >= 0.3 is 0 Å². The highest BCUT2D eigenvalue weighted by Crippen LogP contribution is 2.29. The minimum Gasteiger partial charge on any atom is -0.381 e. The Labute approximate surface area is 101 Å². The average molecular weight is 227 g/mol. The maximum absolute atomic E-state index is 5.38. The van der Waals surface area contributed by atoms with E-state index in [-0.39, 0.29) is 5.54 Å². The molecule has 0 bridgehead atoms. The van der Waals surface area contributed by atoms with Gasteiger partial charge in [0, 0.05) is 18.8 Å². The summed E-state index contributed by atoms with van der Waals surface area (Å²) in [4.78, 5) is 0. The molecule has 16 heavy (non-hydrogen) atoms. The molecule has 1 fully saturated rings. The van der Waals surface area contributed by atoms with Crippen molar-refractivity contribution in [3.63, 3.8) is 0 Å². The Balaban J connectivity index is 2.23. The summed E-state index contributed by atoms with van der Waals surface area (Å²) in [7, 11) is 0. The van der Waals surface area contributed by atoms with E-state index >= 15 is 0 Å². The Kier molecular flexibility index (Phi) is 4.81. The number of hydrogen-bond acceptors (Lipinski definition) is 2. The van der Waals surface area contributed by atoms with Gasteiger partial charge in [-0.2, -0.15) is 0 Å². The molecular weight excluding hydrogens is 198 g/mol. The van der Waals surface area contributed by atoms with Gasteiger partial charge in [-0.1, -0.05) is 20.8 Å². The molecule has 2 nitrogen and oxygen atoms in total. The van der Waals surface area contributed by atoms with E-state index in [1.54, 1.807) is 0 Å². The van der Waals surface area contributed by atoms with Gasteiger partial charge in [-0.15, -0.1) is 0 Å². The maximum Gasteiger partial charge on any atom is 0.0468 e. The van der Waals surface area contributed by atoms with Gasteiger partial charge in [0.1, 0.15) is 0 Å². The van der Waals surface area contributed by atoms with Gasteiger partial charge in [-0.25, -0.2) is 0 Å². The monoisotopic (exact) mass is 227 g/mol. The lowest BCUT2D eigenvalue weighted by Crippen LogP contribution is -2.50. The second kappa shape index (κ2) is 5.50. The largest absolute Gasteiger partial charge is 0.381 e. The molecule has 0 aromatic heterocycles. The molecule has 0 atom stereocenters. The highest BCUT2D eigenvalue weighted by atomic mass is 16.5. The first-order valence-corrected chi connectivity index (χ1v) is 6.66. The molecule has 2 heteroatoms. The van der Waals surface area contributed by atoms with Crippen molar-refractivity contribution in [1.82, 2.24) is 5.32 Å². The van der Waals surface area contributed by atoms with Crippen LogP contribution >= 0.6 is 0 Å². The summed E-state index contributed by atoms with van der Waals surface area (Å²) in [6.45, 7) is 14.6. The highest BCUT2D eigenvalue weighted by Gasteiger charge is 2.31. The summed E-state index contributed by atoms with van der Waals surface area (Å²) >= 11 is 0. The zero-order valence-electron chi connectivity index (χ0n) is 11.7. The van der Waals surface area contributed by atoms with Crippen LogP contribution in [0.5, 0.6) is 0 Å². The first-order chi connectivity index (χ1) is 7.33. The zero-order valence-corrected chi connectivity index (χ0v) is 11.7. The number of hydrogen-bond donors (Lipinski definition) is 1. The molecule has 1 saturated heterocycles. The predicted octanol–water partition coefficient (Wildman–Crippen LogP) is 3.22. The topological polar surface area (TPSA) is 21.3 Å². The van der Waals surface area contributed by atoms with Crippen molar-refractivity contribution in [1.29, 1.82) is 0 Å². The molecule has 96 valence electrons. The molecule has 1 heterocycles. The fourth-order valence-corrected chi connectivity index (χ4v) is 1.89. The average Bonchev–Trinajstić information content (AvgIpc) is 2.17. The van der Waals surface area contributed by atoms with Crippen LogP contribution < -0.4 is 5.32 Å². The van der Waals surface area contributed by atoms with E-state index in [0.29, 0.717) is 5.41 Å². The molecule has 0 amide bonds. The van der Waals surface area contributed by atoms with Crippen LogP contribution in [0.15, 0.2) is 0 Å². The number of rotatable bonds is 4. The molecule has 0 aromatic carbocycles. The number of ether oxygens (including phenoxy) is 1. The van der Waals surface area contributed by atoms with E-state index in [0.717, 1.165) is 25.7 Å². The van der Waals surface area contributed by atoms with Crippen LogP contribution in [0.3, 0.4) is 0 Å². The Morgan fingerprint density at radius 3 is 2.12 bits per heavy atom. The standard InChI is InChI=1S/C14H29NO/c1-13(2,3)14(4,5)15-9-6-12-7-10-16-11-8-12/h12,15H,6-11H2,1-5H3. The van der Waals surface area contributed by atoms with Crippen LogP contribution in [-0.2, 0) is 4.74 Å². The van der Waals surface area contributed by atoms with E-state index in [2.05, 4.69) is 39.9 Å². The van der Waals surface area contributed by atoms with Crippen molar-refractivity contribution < 1.29 is 4.74 Å². The zero-order chi connectivity index (χ0) is 12.2. The van der Waals surface area contributed by atoms with Crippen molar-refractivity contribution in [2.75, 3.05) is 19.8 Å². The van der Waals surface area contributed by atoms with E-state index in [4.69, 9.17) is 4.74 Å². The third-order valence-electron chi connectivity index (χ3n) is 4.34. The minimum atomic E-state index is 0.207. The fourth-order valence-electron chi connectivity index (χ4n) is 1.89. The van der Waals surface area contributed by atoms with Crippen LogP contribution in [0.25, 0.3) is 0 Å². The Morgan fingerprint density at radius 2 is 1.62 bits per heavy atom. The van der Waals surface area contributed by atoms with Gasteiger partial charge in [0.15, 0.2) is 0 Å². The molecular formula is C14H29NO. The van der Waals surface area contributed by atoms with E-state index in [1.165, 1.54) is 19.3 Å². The van der Waals surface area contributed by atoms with Gasteiger partial charge in [-0.05, 0) is 51.0 Å². The summed E-state index contributed by atoms with van der Waals surface area (Å²) < 4.78 is 5.38. The number of nitrogens with one attached hydrogen (secondary N) is 1. The molecule has 0 aromatic rings. The molecule has 1 rings (SSSR count). The normalized spacial score (nSPS) is 20.1. The van der Waals surface area contributed by atoms with Gasteiger partial charge in [0.05, 0.1) is 0 Å². The van der Waals surface area contributed by atoms with Gasteiger partial charge in [0.2, 0.25) is 0 Å². The lowest BCUT2D eigenvalue weighted by Gasteiger charge is -2.40. The summed E-state index contributed by atoms with van der Waals surface area (Å²) in [6, 6.07) is 0. The Hall–Kier alpha value is -0.0800. The van der Waals surface area contributed by atoms with Crippen LogP contribution in [0.4, 0.5) is 0 Å². The molecule has 0 saturated carbocycles. The van der Waals surface area contributed by atoms with Gasteiger partial charge in [0.25, 0.3) is 0 Å². The SMILES string of the molecule is CC(C)(C)C(C)(C)NCCC1CCOCC1.